The van der Waals surface area contributed by atoms with E-state index in [9.17, 15) is 0 Å². The monoisotopic (exact) mass is 705 g/mol. The van der Waals surface area contributed by atoms with E-state index < -0.39 is 0 Å². The molecule has 0 aromatic heterocycles. The van der Waals surface area contributed by atoms with E-state index in [4.69, 9.17) is 0 Å². The van der Waals surface area contributed by atoms with Crippen LogP contribution in [0.2, 0.25) is 0 Å². The van der Waals surface area contributed by atoms with Crippen LogP contribution in [0.4, 0.5) is 11.4 Å². The molecule has 2 unspecified atom stereocenters. The van der Waals surface area contributed by atoms with Gasteiger partial charge in [0, 0.05) is 21.4 Å². The SMILES string of the molecule is C=C(C)C(c1ccccc1)N(c1ccc(-c2cccc3c2-c2ccccc2C32c3ccccc3-c3c(Br)cccc32)cc1)c1ccccc1C. The van der Waals surface area contributed by atoms with Crippen LogP contribution in [-0.2, 0) is 5.41 Å². The number of anilines is 2. The molecule has 0 saturated heterocycles. The summed E-state index contributed by atoms with van der Waals surface area (Å²) in [5, 5.41) is 0. The summed E-state index contributed by atoms with van der Waals surface area (Å²) in [4.78, 5) is 2.45. The molecule has 0 amide bonds. The van der Waals surface area contributed by atoms with Gasteiger partial charge in [0.2, 0.25) is 0 Å². The van der Waals surface area contributed by atoms with E-state index >= 15 is 0 Å². The normalized spacial score (nSPS) is 15.6. The van der Waals surface area contributed by atoms with E-state index in [-0.39, 0.29) is 11.5 Å². The van der Waals surface area contributed by atoms with Crippen LogP contribution in [-0.4, -0.2) is 0 Å². The number of aryl methyl sites for hydroxylation is 1. The van der Waals surface area contributed by atoms with Crippen LogP contribution in [0.3, 0.4) is 0 Å². The fourth-order valence-electron chi connectivity index (χ4n) is 8.78. The van der Waals surface area contributed by atoms with Gasteiger partial charge in [-0.05, 0) is 99.3 Å². The maximum absolute atomic E-state index is 4.49. The quantitative estimate of drug-likeness (QED) is 0.156. The van der Waals surface area contributed by atoms with E-state index in [1.165, 1.54) is 72.4 Å². The van der Waals surface area contributed by atoms with Gasteiger partial charge in [0.05, 0.1) is 11.5 Å². The molecule has 7 aromatic carbocycles. The Labute approximate surface area is 303 Å². The number of para-hydroxylation sites is 1. The standard InChI is InChI=1S/C48H36BrN/c1-31(2)47(34-16-5-4-6-17-34)50(44-26-12-7-15-32(44)3)35-29-27-33(28-30-35)36-20-13-23-41-45(36)37-18-8-10-21-39(37)48(41)40-22-11-9-19-38(40)46-42(48)24-14-25-43(46)49/h4-30,47H,1H2,2-3H3. The molecular formula is C48H36BrN. The zero-order valence-electron chi connectivity index (χ0n) is 28.2. The smallest absolute Gasteiger partial charge is 0.0799 e. The van der Waals surface area contributed by atoms with E-state index in [1.807, 2.05) is 0 Å². The largest absolute Gasteiger partial charge is 0.330 e. The molecule has 2 aliphatic rings. The van der Waals surface area contributed by atoms with Gasteiger partial charge in [-0.25, -0.2) is 0 Å². The number of hydrogen-bond acceptors (Lipinski definition) is 1. The molecule has 1 spiro atoms. The topological polar surface area (TPSA) is 3.24 Å². The third-order valence-electron chi connectivity index (χ3n) is 10.8. The van der Waals surface area contributed by atoms with Gasteiger partial charge in [-0.3, -0.25) is 0 Å². The van der Waals surface area contributed by atoms with Gasteiger partial charge in [-0.15, -0.1) is 0 Å². The number of halogens is 1. The predicted molar refractivity (Wildman–Crippen MR) is 213 cm³/mol. The van der Waals surface area contributed by atoms with Crippen molar-refractivity contribution < 1.29 is 0 Å². The molecule has 7 aromatic rings. The van der Waals surface area contributed by atoms with Crippen molar-refractivity contribution in [2.45, 2.75) is 25.3 Å². The van der Waals surface area contributed by atoms with Crippen LogP contribution in [0, 0.1) is 6.92 Å². The van der Waals surface area contributed by atoms with Crippen molar-refractivity contribution in [2.75, 3.05) is 4.90 Å². The minimum absolute atomic E-state index is 0.0160. The maximum Gasteiger partial charge on any atom is 0.0799 e. The molecule has 0 N–H and O–H groups in total. The fourth-order valence-corrected chi connectivity index (χ4v) is 9.36. The van der Waals surface area contributed by atoms with Gasteiger partial charge < -0.3 is 4.90 Å². The first-order chi connectivity index (χ1) is 24.5. The average Bonchev–Trinajstić information content (AvgIpc) is 3.63. The van der Waals surface area contributed by atoms with Crippen LogP contribution in [0.1, 0.15) is 46.3 Å². The van der Waals surface area contributed by atoms with Gasteiger partial charge in [-0.1, -0.05) is 168 Å². The Morgan fingerprint density at radius 3 is 1.78 bits per heavy atom. The van der Waals surface area contributed by atoms with E-state index in [2.05, 4.69) is 205 Å². The molecule has 2 atom stereocenters. The summed E-state index contributed by atoms with van der Waals surface area (Å²) in [6.45, 7) is 8.81. The number of nitrogens with zero attached hydrogens (tertiary/aromatic N) is 1. The molecule has 2 aliphatic carbocycles. The average molecular weight is 707 g/mol. The second-order valence-electron chi connectivity index (χ2n) is 13.6. The second kappa shape index (κ2) is 11.9. The van der Waals surface area contributed by atoms with Crippen LogP contribution in [0.25, 0.3) is 33.4 Å². The fraction of sp³-hybridized carbons (Fsp3) is 0.0833. The Bertz CT molecular complexity index is 2440. The molecule has 0 heterocycles. The Hall–Kier alpha value is -5.44. The van der Waals surface area contributed by atoms with Crippen molar-refractivity contribution in [3.05, 3.63) is 214 Å². The highest BCUT2D eigenvalue weighted by Gasteiger charge is 2.52. The van der Waals surface area contributed by atoms with Crippen molar-refractivity contribution in [3.8, 4) is 33.4 Å². The Balaban J connectivity index is 1.23. The van der Waals surface area contributed by atoms with E-state index in [1.54, 1.807) is 0 Å². The second-order valence-corrected chi connectivity index (χ2v) is 14.4. The molecule has 240 valence electrons. The third-order valence-corrected chi connectivity index (χ3v) is 11.4. The summed E-state index contributed by atoms with van der Waals surface area (Å²) in [6.07, 6.45) is 0. The number of benzene rings is 7. The summed E-state index contributed by atoms with van der Waals surface area (Å²) in [7, 11) is 0. The highest BCUT2D eigenvalue weighted by molar-refractivity contribution is 9.10. The number of hydrogen-bond donors (Lipinski definition) is 0. The molecule has 2 heteroatoms. The summed E-state index contributed by atoms with van der Waals surface area (Å²) in [5.74, 6) is 0. The zero-order valence-corrected chi connectivity index (χ0v) is 29.8. The highest BCUT2D eigenvalue weighted by atomic mass is 79.9. The van der Waals surface area contributed by atoms with Gasteiger partial charge in [0.15, 0.2) is 0 Å². The third kappa shape index (κ3) is 4.38. The lowest BCUT2D eigenvalue weighted by molar-refractivity contribution is 0.793. The van der Waals surface area contributed by atoms with E-state index in [0.29, 0.717) is 0 Å². The molecule has 50 heavy (non-hydrogen) atoms. The molecule has 0 fully saturated rings. The summed E-state index contributed by atoms with van der Waals surface area (Å²) >= 11 is 3.94. The van der Waals surface area contributed by atoms with Gasteiger partial charge in [0.1, 0.15) is 0 Å². The minimum atomic E-state index is -0.385. The molecule has 0 aliphatic heterocycles. The van der Waals surface area contributed by atoms with Crippen molar-refractivity contribution in [1.29, 1.82) is 0 Å². The van der Waals surface area contributed by atoms with Crippen molar-refractivity contribution >= 4 is 27.3 Å². The van der Waals surface area contributed by atoms with E-state index in [0.717, 1.165) is 15.7 Å². The molecule has 0 radical (unpaired) electrons. The predicted octanol–water partition coefficient (Wildman–Crippen LogP) is 13.2. The lowest BCUT2D eigenvalue weighted by Gasteiger charge is -2.36. The summed E-state index contributed by atoms with van der Waals surface area (Å²) < 4.78 is 1.14. The molecule has 0 bridgehead atoms. The molecular weight excluding hydrogens is 670 g/mol. The molecule has 1 nitrogen and oxygen atoms in total. The van der Waals surface area contributed by atoms with Gasteiger partial charge in [-0.2, -0.15) is 0 Å². The lowest BCUT2D eigenvalue weighted by Crippen LogP contribution is -2.25. The number of fused-ring (bicyclic) bond motifs is 10. The summed E-state index contributed by atoms with van der Waals surface area (Å²) in [6, 6.07) is 60.1. The lowest BCUT2D eigenvalue weighted by atomic mass is 9.70. The Kier molecular flexibility index (Phi) is 7.26. The minimum Gasteiger partial charge on any atom is -0.330 e. The van der Waals surface area contributed by atoms with Crippen molar-refractivity contribution in [1.82, 2.24) is 0 Å². The first-order valence-electron chi connectivity index (χ1n) is 17.3. The van der Waals surface area contributed by atoms with Gasteiger partial charge in [0.25, 0.3) is 0 Å². The Morgan fingerprint density at radius 1 is 0.560 bits per heavy atom. The first kappa shape index (κ1) is 30.6. The highest BCUT2D eigenvalue weighted by Crippen LogP contribution is 2.64. The first-order valence-corrected chi connectivity index (χ1v) is 18.1. The number of rotatable bonds is 6. The maximum atomic E-state index is 4.49. The van der Waals surface area contributed by atoms with Crippen LogP contribution in [0.15, 0.2) is 180 Å². The Morgan fingerprint density at radius 2 is 1.10 bits per heavy atom. The molecule has 0 saturated carbocycles. The van der Waals surface area contributed by atoms with Crippen LogP contribution in [0.5, 0.6) is 0 Å². The van der Waals surface area contributed by atoms with Crippen LogP contribution >= 0.6 is 15.9 Å². The summed E-state index contributed by atoms with van der Waals surface area (Å²) in [5.41, 5.74) is 18.5. The van der Waals surface area contributed by atoms with Gasteiger partial charge >= 0.3 is 0 Å². The van der Waals surface area contributed by atoms with Crippen molar-refractivity contribution in [2.24, 2.45) is 0 Å². The molecule has 9 rings (SSSR count). The van der Waals surface area contributed by atoms with Crippen LogP contribution < -0.4 is 4.90 Å². The van der Waals surface area contributed by atoms with Crippen molar-refractivity contribution in [3.63, 3.8) is 0 Å². The zero-order chi connectivity index (χ0) is 34.0.